The Hall–Kier alpha value is -0.210. The predicted octanol–water partition coefficient (Wildman–Crippen LogP) is 11.1. The minimum atomic E-state index is -4.67. The Morgan fingerprint density at radius 2 is 0.619 bits per heavy atom. The van der Waals surface area contributed by atoms with Crippen LogP contribution in [0.2, 0.25) is 0 Å². The number of nitrogens with zero attached hydrogens (tertiary/aromatic N) is 1. The highest BCUT2D eigenvalue weighted by molar-refractivity contribution is 7.79. The van der Waals surface area contributed by atoms with Crippen molar-refractivity contribution in [2.45, 2.75) is 207 Å². The first-order chi connectivity index (χ1) is 20.1. The van der Waals surface area contributed by atoms with Crippen LogP contribution in [-0.2, 0) is 10.4 Å². The van der Waals surface area contributed by atoms with Crippen molar-refractivity contribution in [3.05, 3.63) is 0 Å². The molecule has 0 rings (SSSR count). The molecule has 0 bridgehead atoms. The van der Waals surface area contributed by atoms with Crippen LogP contribution in [0.5, 0.6) is 0 Å². The SMILES string of the molecule is CCCCCCCCCCCCCCCC[N+](C)(CCCCCCCCCCCCCCCC)C(C)O.O=S(=O)(O)O. The fraction of sp³-hybridized carbons (Fsp3) is 1.00. The first-order valence-corrected chi connectivity index (χ1v) is 19.7. The van der Waals surface area contributed by atoms with Crippen LogP contribution in [0.1, 0.15) is 201 Å². The zero-order chi connectivity index (χ0) is 31.8. The average Bonchev–Trinajstić information content (AvgIpc) is 2.92. The first-order valence-electron chi connectivity index (χ1n) is 18.3. The topological polar surface area (TPSA) is 94.8 Å². The van der Waals surface area contributed by atoms with Crippen LogP contribution in [0.4, 0.5) is 0 Å². The van der Waals surface area contributed by atoms with E-state index in [-0.39, 0.29) is 6.23 Å². The molecule has 0 aromatic carbocycles. The van der Waals surface area contributed by atoms with Crippen LogP contribution >= 0.6 is 0 Å². The average molecular weight is 623 g/mol. The third-order valence-electron chi connectivity index (χ3n) is 8.95. The Kier molecular flexibility index (Phi) is 33.7. The van der Waals surface area contributed by atoms with Gasteiger partial charge in [0.05, 0.1) is 20.1 Å². The van der Waals surface area contributed by atoms with Crippen LogP contribution in [0.15, 0.2) is 0 Å². The Balaban J connectivity index is 0. The van der Waals surface area contributed by atoms with E-state index in [2.05, 4.69) is 20.9 Å². The second-order valence-corrected chi connectivity index (χ2v) is 14.1. The van der Waals surface area contributed by atoms with Crippen molar-refractivity contribution in [2.24, 2.45) is 0 Å². The van der Waals surface area contributed by atoms with Gasteiger partial charge in [-0.25, -0.2) is 0 Å². The number of unbranched alkanes of at least 4 members (excludes halogenated alkanes) is 26. The molecule has 0 aliphatic heterocycles. The molecular weight excluding hydrogens is 546 g/mol. The van der Waals surface area contributed by atoms with Gasteiger partial charge in [0, 0.05) is 6.92 Å². The van der Waals surface area contributed by atoms with Crippen molar-refractivity contribution in [1.29, 1.82) is 0 Å². The van der Waals surface area contributed by atoms with Crippen LogP contribution in [0, 0.1) is 0 Å². The quantitative estimate of drug-likeness (QED) is 0.0309. The summed E-state index contributed by atoms with van der Waals surface area (Å²) in [5.41, 5.74) is 0. The molecule has 0 aromatic heterocycles. The van der Waals surface area contributed by atoms with E-state index in [0.29, 0.717) is 0 Å². The van der Waals surface area contributed by atoms with Gasteiger partial charge in [-0.1, -0.05) is 168 Å². The van der Waals surface area contributed by atoms with E-state index in [9.17, 15) is 5.11 Å². The number of aliphatic hydroxyl groups is 1. The highest BCUT2D eigenvalue weighted by Crippen LogP contribution is 2.18. The molecule has 6 nitrogen and oxygen atoms in total. The largest absolute Gasteiger partial charge is 0.394 e. The number of aliphatic hydroxyl groups excluding tert-OH is 1. The Labute approximate surface area is 264 Å². The van der Waals surface area contributed by atoms with Gasteiger partial charge < -0.3 is 9.59 Å². The van der Waals surface area contributed by atoms with Crippen molar-refractivity contribution in [3.8, 4) is 0 Å². The van der Waals surface area contributed by atoms with Gasteiger partial charge in [0.15, 0.2) is 6.23 Å². The molecule has 42 heavy (non-hydrogen) atoms. The van der Waals surface area contributed by atoms with E-state index in [0.717, 1.165) is 17.6 Å². The standard InChI is InChI=1S/C35H74NO.H2O4S/c1-5-7-9-11-13-15-17-19-21-23-25-27-29-31-33-36(4,35(3)37)34-32-30-28-26-24-22-20-18-16-14-12-10-8-6-2;1-5(2,3)4/h35,37H,5-34H2,1-4H3;(H2,1,2,3,4)/q+1;. The highest BCUT2D eigenvalue weighted by Gasteiger charge is 2.26. The minimum Gasteiger partial charge on any atom is -0.345 e. The molecule has 0 saturated heterocycles. The molecule has 1 unspecified atom stereocenters. The summed E-state index contributed by atoms with van der Waals surface area (Å²) in [6.07, 6.45) is 39.3. The lowest BCUT2D eigenvalue weighted by atomic mass is 10.0. The van der Waals surface area contributed by atoms with Crippen molar-refractivity contribution >= 4 is 10.4 Å². The van der Waals surface area contributed by atoms with Crippen molar-refractivity contribution in [3.63, 3.8) is 0 Å². The van der Waals surface area contributed by atoms with E-state index < -0.39 is 10.4 Å². The van der Waals surface area contributed by atoms with Gasteiger partial charge in [-0.2, -0.15) is 8.42 Å². The van der Waals surface area contributed by atoms with E-state index in [1.807, 2.05) is 6.92 Å². The third-order valence-corrected chi connectivity index (χ3v) is 8.95. The van der Waals surface area contributed by atoms with E-state index in [1.54, 1.807) is 0 Å². The predicted molar refractivity (Wildman–Crippen MR) is 182 cm³/mol. The van der Waals surface area contributed by atoms with Gasteiger partial charge in [-0.05, 0) is 25.7 Å². The summed E-state index contributed by atoms with van der Waals surface area (Å²) in [6.45, 7) is 8.90. The zero-order valence-electron chi connectivity index (χ0n) is 28.8. The molecule has 0 saturated carbocycles. The molecule has 256 valence electrons. The number of quaternary nitrogens is 1. The summed E-state index contributed by atoms with van der Waals surface area (Å²) in [5.74, 6) is 0. The summed E-state index contributed by atoms with van der Waals surface area (Å²) in [6, 6.07) is 0. The maximum absolute atomic E-state index is 10.5. The minimum absolute atomic E-state index is 0.232. The Morgan fingerprint density at radius 3 is 0.786 bits per heavy atom. The van der Waals surface area contributed by atoms with Crippen LogP contribution in [-0.4, -0.2) is 53.5 Å². The first kappa shape index (κ1) is 43.9. The molecule has 0 aromatic rings. The van der Waals surface area contributed by atoms with Gasteiger partial charge in [0.25, 0.3) is 0 Å². The fourth-order valence-corrected chi connectivity index (χ4v) is 5.82. The molecule has 0 heterocycles. The molecule has 0 fully saturated rings. The molecule has 3 N–H and O–H groups in total. The van der Waals surface area contributed by atoms with Crippen molar-refractivity contribution in [1.82, 2.24) is 0 Å². The van der Waals surface area contributed by atoms with Gasteiger partial charge in [0.2, 0.25) is 0 Å². The molecular formula is C35H76NO5S+. The Bertz CT molecular complexity index is 587. The smallest absolute Gasteiger partial charge is 0.345 e. The van der Waals surface area contributed by atoms with E-state index in [4.69, 9.17) is 17.5 Å². The van der Waals surface area contributed by atoms with Crippen LogP contribution < -0.4 is 0 Å². The monoisotopic (exact) mass is 623 g/mol. The van der Waals surface area contributed by atoms with Gasteiger partial charge >= 0.3 is 10.4 Å². The second kappa shape index (κ2) is 32.2. The summed E-state index contributed by atoms with van der Waals surface area (Å²) in [7, 11) is -2.38. The lowest BCUT2D eigenvalue weighted by Gasteiger charge is -2.37. The van der Waals surface area contributed by atoms with Crippen molar-refractivity contribution < 1.29 is 27.1 Å². The van der Waals surface area contributed by atoms with Crippen LogP contribution in [0.25, 0.3) is 0 Å². The van der Waals surface area contributed by atoms with E-state index in [1.165, 1.54) is 180 Å². The molecule has 0 radical (unpaired) electrons. The molecule has 0 aliphatic rings. The third kappa shape index (κ3) is 37.8. The Morgan fingerprint density at radius 1 is 0.452 bits per heavy atom. The van der Waals surface area contributed by atoms with Gasteiger partial charge in [0.1, 0.15) is 0 Å². The number of hydrogen-bond acceptors (Lipinski definition) is 3. The maximum Gasteiger partial charge on any atom is 0.394 e. The lowest BCUT2D eigenvalue weighted by Crippen LogP contribution is -2.52. The summed E-state index contributed by atoms with van der Waals surface area (Å²) >= 11 is 0. The lowest BCUT2D eigenvalue weighted by molar-refractivity contribution is -0.952. The molecule has 0 spiro atoms. The number of rotatable bonds is 31. The summed E-state index contributed by atoms with van der Waals surface area (Å²) in [5, 5.41) is 10.5. The number of hydrogen-bond donors (Lipinski definition) is 3. The van der Waals surface area contributed by atoms with Crippen molar-refractivity contribution in [2.75, 3.05) is 20.1 Å². The maximum atomic E-state index is 10.5. The second-order valence-electron chi connectivity index (χ2n) is 13.2. The van der Waals surface area contributed by atoms with E-state index >= 15 is 0 Å². The fourth-order valence-electron chi connectivity index (χ4n) is 5.82. The molecule has 1 atom stereocenters. The van der Waals surface area contributed by atoms with Crippen LogP contribution in [0.3, 0.4) is 0 Å². The molecule has 0 amide bonds. The normalized spacial score (nSPS) is 12.7. The van der Waals surface area contributed by atoms with Gasteiger partial charge in [-0.3, -0.25) is 9.11 Å². The summed E-state index contributed by atoms with van der Waals surface area (Å²) < 4.78 is 32.4. The molecule has 0 aliphatic carbocycles. The summed E-state index contributed by atoms with van der Waals surface area (Å²) in [4.78, 5) is 0. The zero-order valence-corrected chi connectivity index (χ0v) is 29.6. The highest BCUT2D eigenvalue weighted by atomic mass is 32.3. The molecule has 7 heteroatoms. The van der Waals surface area contributed by atoms with Gasteiger partial charge in [-0.15, -0.1) is 0 Å².